The summed E-state index contributed by atoms with van der Waals surface area (Å²) in [6.07, 6.45) is 2.78. The lowest BCUT2D eigenvalue weighted by atomic mass is 10.1. The Bertz CT molecular complexity index is 445. The number of halogens is 1. The summed E-state index contributed by atoms with van der Waals surface area (Å²) in [7, 11) is -3.00. The monoisotopic (exact) mass is 260 g/mol. The smallest absolute Gasteiger partial charge is 0.147 e. The number of nitrogens with zero attached hydrogens (tertiary/aromatic N) is 1. The Balaban J connectivity index is 2.75. The third kappa shape index (κ3) is 5.23. The van der Waals surface area contributed by atoms with Crippen molar-refractivity contribution in [2.45, 2.75) is 19.4 Å². The fraction of sp³-hybridized carbons (Fsp3) is 0.545. The second-order valence-corrected chi connectivity index (χ2v) is 6.19. The highest BCUT2D eigenvalue weighted by molar-refractivity contribution is 7.90. The largest absolute Gasteiger partial charge is 0.309 e. The van der Waals surface area contributed by atoms with Crippen molar-refractivity contribution in [1.82, 2.24) is 10.3 Å². The van der Waals surface area contributed by atoms with Gasteiger partial charge < -0.3 is 5.32 Å². The maximum absolute atomic E-state index is 12.7. The van der Waals surface area contributed by atoms with E-state index >= 15 is 0 Å². The molecule has 0 aliphatic heterocycles. The Hall–Kier alpha value is -1.01. The zero-order chi connectivity index (χ0) is 12.9. The summed E-state index contributed by atoms with van der Waals surface area (Å²) in [5.74, 6) is -0.309. The van der Waals surface area contributed by atoms with E-state index in [1.165, 1.54) is 12.3 Å². The van der Waals surface area contributed by atoms with E-state index in [0.717, 1.165) is 6.20 Å². The number of pyridine rings is 1. The van der Waals surface area contributed by atoms with Crippen molar-refractivity contribution >= 4 is 9.84 Å². The molecule has 1 aromatic rings. The molecule has 6 heteroatoms. The molecule has 0 aliphatic rings. The van der Waals surface area contributed by atoms with E-state index in [9.17, 15) is 12.8 Å². The Morgan fingerprint density at radius 2 is 2.18 bits per heavy atom. The van der Waals surface area contributed by atoms with Crippen LogP contribution in [0.4, 0.5) is 4.39 Å². The molecule has 0 radical (unpaired) electrons. The summed E-state index contributed by atoms with van der Waals surface area (Å²) in [6, 6.07) is 2.74. The van der Waals surface area contributed by atoms with Crippen LogP contribution in [0.1, 0.15) is 25.1 Å². The average molecular weight is 260 g/mol. The average Bonchev–Trinajstić information content (AvgIpc) is 2.24. The molecule has 0 spiro atoms. The van der Waals surface area contributed by atoms with Crippen LogP contribution in [-0.4, -0.2) is 32.0 Å². The van der Waals surface area contributed by atoms with Gasteiger partial charge in [0.1, 0.15) is 15.7 Å². The van der Waals surface area contributed by atoms with Crippen molar-refractivity contribution in [1.29, 1.82) is 0 Å². The first-order valence-electron chi connectivity index (χ1n) is 5.45. The topological polar surface area (TPSA) is 59.1 Å². The molecule has 0 fully saturated rings. The summed E-state index contributed by atoms with van der Waals surface area (Å²) in [6.45, 7) is 2.63. The minimum Gasteiger partial charge on any atom is -0.309 e. The standard InChI is InChI=1S/C11H17FN2O2S/c1-3-13-11(6-7-17(2,15)16)10-5-4-9(12)8-14-10/h4-5,8,11,13H,3,6-7H2,1-2H3. The molecule has 4 nitrogen and oxygen atoms in total. The van der Waals surface area contributed by atoms with Gasteiger partial charge in [0.15, 0.2) is 0 Å². The molecule has 0 saturated heterocycles. The molecule has 1 aromatic heterocycles. The zero-order valence-corrected chi connectivity index (χ0v) is 10.8. The van der Waals surface area contributed by atoms with E-state index in [1.807, 2.05) is 6.92 Å². The van der Waals surface area contributed by atoms with Crippen LogP contribution in [0.25, 0.3) is 0 Å². The second-order valence-electron chi connectivity index (χ2n) is 3.93. The number of sulfone groups is 1. The van der Waals surface area contributed by atoms with Crippen molar-refractivity contribution in [2.75, 3.05) is 18.6 Å². The zero-order valence-electron chi connectivity index (χ0n) is 9.98. The van der Waals surface area contributed by atoms with Gasteiger partial charge in [-0.05, 0) is 25.1 Å². The SMILES string of the molecule is CCNC(CCS(C)(=O)=O)c1ccc(F)cn1. The van der Waals surface area contributed by atoms with Crippen molar-refractivity contribution in [3.63, 3.8) is 0 Å². The summed E-state index contributed by atoms with van der Waals surface area (Å²) in [5.41, 5.74) is 0.664. The van der Waals surface area contributed by atoms with Crippen LogP contribution in [0.5, 0.6) is 0 Å². The lowest BCUT2D eigenvalue weighted by Gasteiger charge is -2.16. The minimum atomic E-state index is -3.00. The molecule has 1 atom stereocenters. The molecule has 0 aromatic carbocycles. The predicted molar refractivity (Wildman–Crippen MR) is 64.9 cm³/mol. The predicted octanol–water partition coefficient (Wildman–Crippen LogP) is 1.31. The van der Waals surface area contributed by atoms with E-state index in [0.29, 0.717) is 18.7 Å². The van der Waals surface area contributed by atoms with Crippen LogP contribution in [-0.2, 0) is 9.84 Å². The highest BCUT2D eigenvalue weighted by atomic mass is 32.2. The highest BCUT2D eigenvalue weighted by Crippen LogP contribution is 2.15. The number of hydrogen-bond acceptors (Lipinski definition) is 4. The molecule has 1 heterocycles. The normalized spacial score (nSPS) is 13.6. The minimum absolute atomic E-state index is 0.0870. The Kier molecular flexibility index (Phi) is 5.02. The van der Waals surface area contributed by atoms with Crippen LogP contribution in [0, 0.1) is 5.82 Å². The molecule has 1 unspecified atom stereocenters. The Morgan fingerprint density at radius 3 is 2.65 bits per heavy atom. The summed E-state index contributed by atoms with van der Waals surface area (Å²) in [5, 5.41) is 3.14. The Labute approximate surface area is 101 Å². The third-order valence-electron chi connectivity index (χ3n) is 2.34. The van der Waals surface area contributed by atoms with Crippen LogP contribution >= 0.6 is 0 Å². The van der Waals surface area contributed by atoms with Crippen molar-refractivity contribution in [3.05, 3.63) is 29.8 Å². The molecule has 0 amide bonds. The highest BCUT2D eigenvalue weighted by Gasteiger charge is 2.14. The van der Waals surface area contributed by atoms with Gasteiger partial charge in [0.05, 0.1) is 23.7 Å². The van der Waals surface area contributed by atoms with Crippen LogP contribution in [0.2, 0.25) is 0 Å². The first-order valence-corrected chi connectivity index (χ1v) is 7.51. The van der Waals surface area contributed by atoms with Crippen molar-refractivity contribution in [2.24, 2.45) is 0 Å². The van der Waals surface area contributed by atoms with E-state index < -0.39 is 15.7 Å². The van der Waals surface area contributed by atoms with E-state index in [2.05, 4.69) is 10.3 Å². The van der Waals surface area contributed by atoms with Gasteiger partial charge in [0, 0.05) is 6.26 Å². The molecule has 96 valence electrons. The lowest BCUT2D eigenvalue weighted by Crippen LogP contribution is -2.24. The Morgan fingerprint density at radius 1 is 1.47 bits per heavy atom. The molecule has 1 rings (SSSR count). The molecule has 0 aliphatic carbocycles. The van der Waals surface area contributed by atoms with Crippen molar-refractivity contribution in [3.8, 4) is 0 Å². The number of aromatic nitrogens is 1. The fourth-order valence-electron chi connectivity index (χ4n) is 1.53. The van der Waals surface area contributed by atoms with Gasteiger partial charge in [-0.25, -0.2) is 12.8 Å². The number of nitrogens with one attached hydrogen (secondary N) is 1. The van der Waals surface area contributed by atoms with Crippen molar-refractivity contribution < 1.29 is 12.8 Å². The molecule has 0 saturated carbocycles. The van der Waals surface area contributed by atoms with E-state index in [-0.39, 0.29) is 11.8 Å². The first-order chi connectivity index (χ1) is 7.92. The quantitative estimate of drug-likeness (QED) is 0.837. The lowest BCUT2D eigenvalue weighted by molar-refractivity contribution is 0.515. The summed E-state index contributed by atoms with van der Waals surface area (Å²) >= 11 is 0. The molecule has 17 heavy (non-hydrogen) atoms. The maximum atomic E-state index is 12.7. The van der Waals surface area contributed by atoms with Gasteiger partial charge in [-0.3, -0.25) is 4.98 Å². The van der Waals surface area contributed by atoms with Gasteiger partial charge in [0.25, 0.3) is 0 Å². The number of rotatable bonds is 6. The van der Waals surface area contributed by atoms with Gasteiger partial charge in [0.2, 0.25) is 0 Å². The third-order valence-corrected chi connectivity index (χ3v) is 3.31. The van der Waals surface area contributed by atoms with E-state index in [1.54, 1.807) is 6.07 Å². The molecular weight excluding hydrogens is 243 g/mol. The van der Waals surface area contributed by atoms with Crippen LogP contribution < -0.4 is 5.32 Å². The summed E-state index contributed by atoms with van der Waals surface area (Å²) < 4.78 is 35.0. The maximum Gasteiger partial charge on any atom is 0.147 e. The van der Waals surface area contributed by atoms with Crippen LogP contribution in [0.3, 0.4) is 0 Å². The second kappa shape index (κ2) is 6.07. The van der Waals surface area contributed by atoms with E-state index in [4.69, 9.17) is 0 Å². The van der Waals surface area contributed by atoms with Crippen LogP contribution in [0.15, 0.2) is 18.3 Å². The van der Waals surface area contributed by atoms with Gasteiger partial charge in [-0.1, -0.05) is 6.92 Å². The first kappa shape index (κ1) is 14.1. The molecular formula is C11H17FN2O2S. The molecule has 1 N–H and O–H groups in total. The number of hydrogen-bond donors (Lipinski definition) is 1. The summed E-state index contributed by atoms with van der Waals surface area (Å²) in [4.78, 5) is 3.97. The van der Waals surface area contributed by atoms with Gasteiger partial charge in [-0.2, -0.15) is 0 Å². The fourth-order valence-corrected chi connectivity index (χ4v) is 2.19. The van der Waals surface area contributed by atoms with Gasteiger partial charge >= 0.3 is 0 Å². The molecule has 0 bridgehead atoms. The van der Waals surface area contributed by atoms with Gasteiger partial charge in [-0.15, -0.1) is 0 Å².